The van der Waals surface area contributed by atoms with Crippen LogP contribution in [0.5, 0.6) is 0 Å². The van der Waals surface area contributed by atoms with Gasteiger partial charge in [-0.25, -0.2) is 4.39 Å². The fourth-order valence-corrected chi connectivity index (χ4v) is 2.18. The summed E-state index contributed by atoms with van der Waals surface area (Å²) in [6.45, 7) is -1.36. The lowest BCUT2D eigenvalue weighted by atomic mass is 10.0. The van der Waals surface area contributed by atoms with E-state index in [9.17, 15) is 17.6 Å². The van der Waals surface area contributed by atoms with E-state index in [1.54, 1.807) is 6.07 Å². The van der Waals surface area contributed by atoms with E-state index in [-0.39, 0.29) is 12.6 Å². The van der Waals surface area contributed by atoms with Gasteiger partial charge in [-0.05, 0) is 36.6 Å². The Hall–Kier alpha value is -0.700. The molecule has 1 rings (SSSR count). The number of nitrogens with one attached hydrogen (secondary N) is 1. The minimum atomic E-state index is -4.33. The summed E-state index contributed by atoms with van der Waals surface area (Å²) in [5, 5.41) is 0. The molecule has 0 saturated heterocycles. The summed E-state index contributed by atoms with van der Waals surface area (Å²) in [6, 6.07) is 4.10. The molecule has 3 N–H and O–H groups in total. The van der Waals surface area contributed by atoms with Gasteiger partial charge in [-0.15, -0.1) is 0 Å². The quantitative estimate of drug-likeness (QED) is 0.341. The van der Waals surface area contributed by atoms with E-state index < -0.39 is 18.6 Å². The number of nitrogens with two attached hydrogens (primary N) is 1. The Labute approximate surface area is 122 Å². The normalized spacial score (nSPS) is 13.5. The zero-order chi connectivity index (χ0) is 15.2. The molecule has 1 aromatic carbocycles. The molecule has 1 unspecified atom stereocenters. The van der Waals surface area contributed by atoms with E-state index in [2.05, 4.69) is 26.1 Å². The predicted octanol–water partition coefficient (Wildman–Crippen LogP) is 2.93. The Morgan fingerprint density at radius 1 is 1.30 bits per heavy atom. The Kier molecular flexibility index (Phi) is 6.87. The van der Waals surface area contributed by atoms with Crippen LogP contribution in [0.15, 0.2) is 22.7 Å². The Morgan fingerprint density at radius 3 is 2.55 bits per heavy atom. The van der Waals surface area contributed by atoms with Crippen LogP contribution in [0.3, 0.4) is 0 Å². The third-order valence-electron chi connectivity index (χ3n) is 2.52. The lowest BCUT2D eigenvalue weighted by molar-refractivity contribution is -0.174. The minimum Gasteiger partial charge on any atom is -0.372 e. The molecule has 0 bridgehead atoms. The van der Waals surface area contributed by atoms with Crippen LogP contribution in [0.25, 0.3) is 0 Å². The van der Waals surface area contributed by atoms with Crippen LogP contribution in [0.2, 0.25) is 0 Å². The van der Waals surface area contributed by atoms with Gasteiger partial charge in [0, 0.05) is 17.1 Å². The molecule has 3 nitrogen and oxygen atoms in total. The minimum absolute atomic E-state index is 0.0785. The highest BCUT2D eigenvalue weighted by molar-refractivity contribution is 9.10. The molecule has 0 saturated carbocycles. The SMILES string of the molecule is NNC(CCOCC(F)(F)F)Cc1cc(F)cc(Br)c1. The molecule has 1 aromatic rings. The summed E-state index contributed by atoms with van der Waals surface area (Å²) in [7, 11) is 0. The lowest BCUT2D eigenvalue weighted by Gasteiger charge is -2.16. The first-order valence-corrected chi connectivity index (χ1v) is 6.65. The van der Waals surface area contributed by atoms with Crippen LogP contribution >= 0.6 is 15.9 Å². The monoisotopic (exact) mass is 358 g/mol. The van der Waals surface area contributed by atoms with Gasteiger partial charge in [0.05, 0.1) is 0 Å². The van der Waals surface area contributed by atoms with Gasteiger partial charge in [0.2, 0.25) is 0 Å². The fourth-order valence-electron chi connectivity index (χ4n) is 1.67. The summed E-state index contributed by atoms with van der Waals surface area (Å²) in [5.74, 6) is 4.94. The Balaban J connectivity index is 2.43. The molecule has 8 heteroatoms. The summed E-state index contributed by atoms with van der Waals surface area (Å²) < 4.78 is 54.0. The van der Waals surface area contributed by atoms with Crippen molar-refractivity contribution in [3.8, 4) is 0 Å². The smallest absolute Gasteiger partial charge is 0.372 e. The number of hydrazine groups is 1. The summed E-state index contributed by atoms with van der Waals surface area (Å²) in [4.78, 5) is 0. The molecule has 1 atom stereocenters. The van der Waals surface area contributed by atoms with Gasteiger partial charge in [-0.2, -0.15) is 13.2 Å². The van der Waals surface area contributed by atoms with Crippen LogP contribution in [0.1, 0.15) is 12.0 Å². The predicted molar refractivity (Wildman–Crippen MR) is 70.4 cm³/mol. The zero-order valence-electron chi connectivity index (χ0n) is 10.5. The first-order valence-electron chi connectivity index (χ1n) is 5.86. The number of rotatable bonds is 7. The summed E-state index contributed by atoms with van der Waals surface area (Å²) in [6.07, 6.45) is -3.65. The second kappa shape index (κ2) is 7.92. The number of benzene rings is 1. The van der Waals surface area contributed by atoms with E-state index in [0.29, 0.717) is 22.9 Å². The van der Waals surface area contributed by atoms with Crippen molar-refractivity contribution in [1.82, 2.24) is 5.43 Å². The second-order valence-electron chi connectivity index (χ2n) is 4.30. The van der Waals surface area contributed by atoms with Gasteiger partial charge in [0.1, 0.15) is 12.4 Å². The molecule has 0 fully saturated rings. The van der Waals surface area contributed by atoms with E-state index in [1.807, 2.05) is 0 Å². The van der Waals surface area contributed by atoms with Crippen molar-refractivity contribution >= 4 is 15.9 Å². The lowest BCUT2D eigenvalue weighted by Crippen LogP contribution is -2.38. The highest BCUT2D eigenvalue weighted by Gasteiger charge is 2.27. The van der Waals surface area contributed by atoms with Gasteiger partial charge in [0.25, 0.3) is 0 Å². The largest absolute Gasteiger partial charge is 0.411 e. The zero-order valence-corrected chi connectivity index (χ0v) is 12.1. The molecule has 114 valence electrons. The standard InChI is InChI=1S/C12H15BrF4N2O/c13-9-3-8(4-10(14)6-9)5-11(19-18)1-2-20-7-12(15,16)17/h3-4,6,11,19H,1-2,5,7,18H2. The number of alkyl halides is 3. The van der Waals surface area contributed by atoms with Gasteiger partial charge >= 0.3 is 6.18 Å². The van der Waals surface area contributed by atoms with E-state index in [1.165, 1.54) is 12.1 Å². The highest BCUT2D eigenvalue weighted by Crippen LogP contribution is 2.17. The van der Waals surface area contributed by atoms with Gasteiger partial charge in [-0.3, -0.25) is 11.3 Å². The van der Waals surface area contributed by atoms with Crippen LogP contribution < -0.4 is 11.3 Å². The average molecular weight is 359 g/mol. The van der Waals surface area contributed by atoms with Gasteiger partial charge in [-0.1, -0.05) is 15.9 Å². The Bertz CT molecular complexity index is 408. The number of halogens is 5. The van der Waals surface area contributed by atoms with Crippen molar-refractivity contribution in [2.24, 2.45) is 5.84 Å². The molecule has 0 aliphatic rings. The van der Waals surface area contributed by atoms with Crippen molar-refractivity contribution < 1.29 is 22.3 Å². The molecular weight excluding hydrogens is 344 g/mol. The number of ether oxygens (including phenoxy) is 1. The molecule has 0 amide bonds. The second-order valence-corrected chi connectivity index (χ2v) is 5.22. The van der Waals surface area contributed by atoms with Crippen LogP contribution in [0.4, 0.5) is 17.6 Å². The average Bonchev–Trinajstić information content (AvgIpc) is 2.30. The first-order chi connectivity index (χ1) is 9.30. The van der Waals surface area contributed by atoms with Crippen molar-refractivity contribution in [2.75, 3.05) is 13.2 Å². The molecule has 20 heavy (non-hydrogen) atoms. The number of hydrogen-bond acceptors (Lipinski definition) is 3. The molecule has 0 aromatic heterocycles. The molecule has 0 aliphatic carbocycles. The third-order valence-corrected chi connectivity index (χ3v) is 2.97. The first kappa shape index (κ1) is 17.4. The topological polar surface area (TPSA) is 47.3 Å². The maximum absolute atomic E-state index is 13.2. The van der Waals surface area contributed by atoms with Crippen molar-refractivity contribution in [3.63, 3.8) is 0 Å². The van der Waals surface area contributed by atoms with Crippen molar-refractivity contribution in [2.45, 2.75) is 25.1 Å². The molecule has 0 spiro atoms. The maximum atomic E-state index is 13.2. The third kappa shape index (κ3) is 7.18. The van der Waals surface area contributed by atoms with E-state index >= 15 is 0 Å². The van der Waals surface area contributed by atoms with E-state index in [4.69, 9.17) is 5.84 Å². The number of hydrogen-bond donors (Lipinski definition) is 2. The van der Waals surface area contributed by atoms with E-state index in [0.717, 1.165) is 0 Å². The highest BCUT2D eigenvalue weighted by atomic mass is 79.9. The molecule has 0 radical (unpaired) electrons. The fraction of sp³-hybridized carbons (Fsp3) is 0.500. The van der Waals surface area contributed by atoms with Gasteiger partial charge in [0.15, 0.2) is 0 Å². The molecule has 0 aliphatic heterocycles. The van der Waals surface area contributed by atoms with Gasteiger partial charge < -0.3 is 4.74 Å². The molecular formula is C12H15BrF4N2O. The Morgan fingerprint density at radius 2 is 2.00 bits per heavy atom. The summed E-state index contributed by atoms with van der Waals surface area (Å²) in [5.41, 5.74) is 3.18. The van der Waals surface area contributed by atoms with Crippen LogP contribution in [-0.4, -0.2) is 25.4 Å². The van der Waals surface area contributed by atoms with Crippen LogP contribution in [-0.2, 0) is 11.2 Å². The van der Waals surface area contributed by atoms with Crippen LogP contribution in [0, 0.1) is 5.82 Å². The summed E-state index contributed by atoms with van der Waals surface area (Å²) >= 11 is 3.17. The maximum Gasteiger partial charge on any atom is 0.411 e. The van der Waals surface area contributed by atoms with Crippen molar-refractivity contribution in [1.29, 1.82) is 0 Å². The molecule has 0 heterocycles. The van der Waals surface area contributed by atoms with Crippen molar-refractivity contribution in [3.05, 3.63) is 34.1 Å².